The third-order valence-corrected chi connectivity index (χ3v) is 9.41. The second-order valence-corrected chi connectivity index (χ2v) is 12.9. The molecule has 3 aromatic rings. The van der Waals surface area contributed by atoms with Gasteiger partial charge < -0.3 is 14.8 Å². The highest BCUT2D eigenvalue weighted by Crippen LogP contribution is 2.33. The summed E-state index contributed by atoms with van der Waals surface area (Å²) in [4.78, 5) is 12.5. The lowest BCUT2D eigenvalue weighted by molar-refractivity contribution is -0.00215. The van der Waals surface area contributed by atoms with Crippen molar-refractivity contribution in [1.29, 1.82) is 0 Å². The number of hydrogen-bond donors (Lipinski definition) is 1. The Bertz CT molecular complexity index is 1350. The monoisotopic (exact) mass is 624 g/mol. The fraction of sp³-hybridized carbons (Fsp3) is 0.444. The van der Waals surface area contributed by atoms with Crippen LogP contribution in [0.25, 0.3) is 10.9 Å². The van der Waals surface area contributed by atoms with Crippen molar-refractivity contribution >= 4 is 49.6 Å². The Morgan fingerprint density at radius 1 is 1.19 bits per heavy atom. The number of benzene rings is 2. The number of amides is 1. The molecule has 1 aliphatic rings. The molecular weight excluding hydrogens is 591 g/mol. The fourth-order valence-corrected chi connectivity index (χ4v) is 7.78. The summed E-state index contributed by atoms with van der Waals surface area (Å²) in [6.45, 7) is 8.11. The average Bonchev–Trinajstić information content (AvgIpc) is 3.09. The molecule has 9 heteroatoms. The Morgan fingerprint density at radius 3 is 2.58 bits per heavy atom. The Hall–Kier alpha value is -2.11. The van der Waals surface area contributed by atoms with Gasteiger partial charge in [-0.25, -0.2) is 17.2 Å². The van der Waals surface area contributed by atoms with Gasteiger partial charge in [0.15, 0.2) is 0 Å². The van der Waals surface area contributed by atoms with Gasteiger partial charge in [0.1, 0.15) is 5.60 Å². The van der Waals surface area contributed by atoms with Gasteiger partial charge in [0.2, 0.25) is 0 Å². The zero-order chi connectivity index (χ0) is 26.1. The van der Waals surface area contributed by atoms with E-state index in [-0.39, 0.29) is 17.0 Å². The molecule has 0 radical (unpaired) electrons. The zero-order valence-corrected chi connectivity index (χ0v) is 24.1. The summed E-state index contributed by atoms with van der Waals surface area (Å²) >= 11 is 2.14. The van der Waals surface area contributed by atoms with Gasteiger partial charge in [0.25, 0.3) is 10.0 Å². The van der Waals surface area contributed by atoms with E-state index in [9.17, 15) is 13.2 Å². The Labute approximate surface area is 226 Å². The molecule has 1 N–H and O–H groups in total. The molecule has 0 bridgehead atoms. The number of alkyl carbamates (subject to hydrolysis) is 1. The predicted molar refractivity (Wildman–Crippen MR) is 149 cm³/mol. The minimum Gasteiger partial charge on any atom is -0.444 e. The van der Waals surface area contributed by atoms with Gasteiger partial charge in [-0.1, -0.05) is 37.3 Å². The molecule has 1 amide bonds. The maximum absolute atomic E-state index is 13.6. The lowest BCUT2D eigenvalue weighted by Crippen LogP contribution is -2.44. The van der Waals surface area contributed by atoms with Gasteiger partial charge >= 0.3 is 6.09 Å². The van der Waals surface area contributed by atoms with Gasteiger partial charge in [0, 0.05) is 18.0 Å². The smallest absolute Gasteiger partial charge is 0.407 e. The van der Waals surface area contributed by atoms with Crippen molar-refractivity contribution in [2.75, 3.05) is 6.61 Å². The topological polar surface area (TPSA) is 86.6 Å². The number of aromatic nitrogens is 1. The molecular formula is C27H33IN2O5S. The molecule has 2 unspecified atom stereocenters. The van der Waals surface area contributed by atoms with Crippen molar-refractivity contribution in [2.45, 2.75) is 76.0 Å². The van der Waals surface area contributed by atoms with Crippen LogP contribution in [0, 0.1) is 3.70 Å². The van der Waals surface area contributed by atoms with Crippen LogP contribution < -0.4 is 5.32 Å². The molecule has 1 aromatic heterocycles. The number of ether oxygens (including phenoxy) is 2. The largest absolute Gasteiger partial charge is 0.444 e. The molecule has 0 saturated carbocycles. The maximum atomic E-state index is 13.6. The molecule has 2 heterocycles. The van der Waals surface area contributed by atoms with Crippen LogP contribution in [0.2, 0.25) is 0 Å². The number of hydrogen-bond acceptors (Lipinski definition) is 5. The van der Waals surface area contributed by atoms with Crippen molar-refractivity contribution in [3.8, 4) is 0 Å². The van der Waals surface area contributed by atoms with E-state index in [1.807, 2.05) is 52.0 Å². The lowest BCUT2D eigenvalue weighted by Gasteiger charge is -2.31. The standard InChI is InChI=1S/C27H33IN2O5S/c1-5-22-23-12-11-18(15-20-17-19(13-14-34-20)29-26(31)35-27(2,3)4)16-24(23)30(25(22)28)36(32,33)21-9-7-6-8-10-21/h6-12,16,19-20H,5,13-15,17H2,1-4H3,(H,29,31). The first-order valence-corrected chi connectivity index (χ1v) is 14.7. The highest BCUT2D eigenvalue weighted by atomic mass is 127. The molecule has 4 rings (SSSR count). The fourth-order valence-electron chi connectivity index (χ4n) is 4.63. The maximum Gasteiger partial charge on any atom is 0.407 e. The molecule has 194 valence electrons. The van der Waals surface area contributed by atoms with Gasteiger partial charge in [-0.3, -0.25) is 0 Å². The van der Waals surface area contributed by atoms with Gasteiger partial charge in [0.05, 0.1) is 20.2 Å². The van der Waals surface area contributed by atoms with E-state index in [1.54, 1.807) is 24.3 Å². The van der Waals surface area contributed by atoms with Crippen LogP contribution in [0.5, 0.6) is 0 Å². The molecule has 2 aromatic carbocycles. The van der Waals surface area contributed by atoms with Crippen molar-refractivity contribution in [3.05, 3.63) is 63.4 Å². The summed E-state index contributed by atoms with van der Waals surface area (Å²) < 4.78 is 40.8. The van der Waals surface area contributed by atoms with E-state index in [0.29, 0.717) is 28.7 Å². The molecule has 1 aliphatic heterocycles. The van der Waals surface area contributed by atoms with E-state index >= 15 is 0 Å². The minimum absolute atomic E-state index is 0.0303. The molecule has 1 fully saturated rings. The first-order chi connectivity index (χ1) is 17.0. The molecule has 1 saturated heterocycles. The summed E-state index contributed by atoms with van der Waals surface area (Å²) in [5.74, 6) is 0. The first-order valence-electron chi connectivity index (χ1n) is 12.2. The number of halogens is 1. The van der Waals surface area contributed by atoms with Crippen LogP contribution in [0.3, 0.4) is 0 Å². The van der Waals surface area contributed by atoms with Crippen LogP contribution in [0.15, 0.2) is 53.4 Å². The van der Waals surface area contributed by atoms with E-state index in [1.165, 1.54) is 3.97 Å². The number of nitrogens with one attached hydrogen (secondary N) is 1. The third-order valence-electron chi connectivity index (χ3n) is 6.22. The first kappa shape index (κ1) is 26.9. The summed E-state index contributed by atoms with van der Waals surface area (Å²) in [7, 11) is -3.76. The molecule has 0 aliphatic carbocycles. The third kappa shape index (κ3) is 5.89. The second kappa shape index (κ2) is 10.7. The summed E-state index contributed by atoms with van der Waals surface area (Å²) in [5.41, 5.74) is 2.14. The van der Waals surface area contributed by atoms with Gasteiger partial charge in [-0.15, -0.1) is 0 Å². The Kier molecular flexibility index (Phi) is 8.01. The quantitative estimate of drug-likeness (QED) is 0.358. The predicted octanol–water partition coefficient (Wildman–Crippen LogP) is 5.66. The number of nitrogens with zero attached hydrogens (tertiary/aromatic N) is 1. The minimum atomic E-state index is -3.76. The van der Waals surface area contributed by atoms with Gasteiger partial charge in [-0.05, 0) is 98.4 Å². The second-order valence-electron chi connectivity index (χ2n) is 10.1. The van der Waals surface area contributed by atoms with Crippen molar-refractivity contribution in [2.24, 2.45) is 0 Å². The van der Waals surface area contributed by atoms with Crippen molar-refractivity contribution in [3.63, 3.8) is 0 Å². The lowest BCUT2D eigenvalue weighted by atomic mass is 9.97. The number of aryl methyl sites for hydroxylation is 1. The summed E-state index contributed by atoms with van der Waals surface area (Å²) in [6.07, 6.45) is 2.24. The molecule has 7 nitrogen and oxygen atoms in total. The normalized spacial score (nSPS) is 18.8. The van der Waals surface area contributed by atoms with E-state index < -0.39 is 21.7 Å². The number of carbonyl (C=O) groups is 1. The number of carbonyl (C=O) groups excluding carboxylic acids is 1. The van der Waals surface area contributed by atoms with E-state index in [0.717, 1.165) is 29.4 Å². The SMILES string of the molecule is CCc1c(I)n(S(=O)(=O)c2ccccc2)c2cc(CC3CC(NC(=O)OC(C)(C)C)CCO3)ccc12. The summed E-state index contributed by atoms with van der Waals surface area (Å²) in [6, 6.07) is 14.5. The molecule has 0 spiro atoms. The van der Waals surface area contributed by atoms with E-state index in [4.69, 9.17) is 9.47 Å². The van der Waals surface area contributed by atoms with Gasteiger partial charge in [-0.2, -0.15) is 0 Å². The van der Waals surface area contributed by atoms with Crippen LogP contribution in [0.1, 0.15) is 51.7 Å². The highest BCUT2D eigenvalue weighted by molar-refractivity contribution is 14.1. The average molecular weight is 625 g/mol. The molecule has 36 heavy (non-hydrogen) atoms. The summed E-state index contributed by atoms with van der Waals surface area (Å²) in [5, 5.41) is 3.90. The van der Waals surface area contributed by atoms with Crippen LogP contribution in [0.4, 0.5) is 4.79 Å². The van der Waals surface area contributed by atoms with Crippen molar-refractivity contribution < 1.29 is 22.7 Å². The van der Waals surface area contributed by atoms with Crippen LogP contribution in [-0.2, 0) is 32.3 Å². The van der Waals surface area contributed by atoms with E-state index in [2.05, 4.69) is 27.9 Å². The molecule has 2 atom stereocenters. The van der Waals surface area contributed by atoms with Crippen LogP contribution in [-0.4, -0.2) is 42.8 Å². The number of rotatable bonds is 6. The van der Waals surface area contributed by atoms with Crippen molar-refractivity contribution in [1.82, 2.24) is 9.29 Å². The zero-order valence-electron chi connectivity index (χ0n) is 21.1. The Balaban J connectivity index is 1.60. The van der Waals surface area contributed by atoms with Crippen LogP contribution >= 0.6 is 22.6 Å². The Morgan fingerprint density at radius 2 is 1.92 bits per heavy atom. The number of fused-ring (bicyclic) bond motifs is 1. The highest BCUT2D eigenvalue weighted by Gasteiger charge is 2.28.